The third-order valence-electron chi connectivity index (χ3n) is 3.26. The molecule has 1 nitrogen and oxygen atoms in total. The van der Waals surface area contributed by atoms with E-state index in [1.54, 1.807) is 0 Å². The first-order chi connectivity index (χ1) is 8.24. The zero-order valence-electron chi connectivity index (χ0n) is 12.5. The first-order valence-electron chi connectivity index (χ1n) is 6.74. The Bertz CT molecular complexity index is 404. The predicted molar refractivity (Wildman–Crippen MR) is 81.4 cm³/mol. The van der Waals surface area contributed by atoms with Gasteiger partial charge in [0.15, 0.2) is 0 Å². The smallest absolute Gasteiger partial charge is 0.0456 e. The molecule has 0 aromatic heterocycles. The molecular formula is C16H26ClN. The number of rotatable bonds is 4. The maximum atomic E-state index is 6.42. The fourth-order valence-electron chi connectivity index (χ4n) is 2.22. The lowest BCUT2D eigenvalue weighted by Gasteiger charge is -2.28. The summed E-state index contributed by atoms with van der Waals surface area (Å²) in [4.78, 5) is 0. The second-order valence-electron chi connectivity index (χ2n) is 6.33. The van der Waals surface area contributed by atoms with Gasteiger partial charge in [-0.05, 0) is 55.0 Å². The molecule has 2 heteroatoms. The summed E-state index contributed by atoms with van der Waals surface area (Å²) < 4.78 is 0. The number of hydrogen-bond acceptors (Lipinski definition) is 1. The summed E-state index contributed by atoms with van der Waals surface area (Å²) >= 11 is 6.42. The fraction of sp³-hybridized carbons (Fsp3) is 0.625. The summed E-state index contributed by atoms with van der Waals surface area (Å²) in [5.74, 6) is 0. The average molecular weight is 268 g/mol. The van der Waals surface area contributed by atoms with Gasteiger partial charge in [-0.25, -0.2) is 0 Å². The van der Waals surface area contributed by atoms with Gasteiger partial charge in [-0.15, -0.1) is 0 Å². The van der Waals surface area contributed by atoms with Gasteiger partial charge < -0.3 is 5.32 Å². The van der Waals surface area contributed by atoms with Crippen molar-refractivity contribution in [3.05, 3.63) is 33.8 Å². The molecule has 1 aromatic carbocycles. The summed E-state index contributed by atoms with van der Waals surface area (Å²) in [5, 5.41) is 4.44. The third kappa shape index (κ3) is 4.29. The molecule has 1 unspecified atom stereocenters. The highest BCUT2D eigenvalue weighted by Gasteiger charge is 2.21. The fourth-order valence-corrected chi connectivity index (χ4v) is 2.57. The van der Waals surface area contributed by atoms with Crippen molar-refractivity contribution in [1.29, 1.82) is 0 Å². The van der Waals surface area contributed by atoms with E-state index in [1.165, 1.54) is 16.7 Å². The van der Waals surface area contributed by atoms with Crippen LogP contribution in [0, 0.1) is 19.3 Å². The van der Waals surface area contributed by atoms with Crippen molar-refractivity contribution in [2.45, 2.75) is 54.0 Å². The van der Waals surface area contributed by atoms with E-state index in [2.05, 4.69) is 59.0 Å². The Balaban J connectivity index is 3.09. The highest BCUT2D eigenvalue weighted by atomic mass is 35.5. The number of nitrogens with one attached hydrogen (secondary N) is 1. The second-order valence-corrected chi connectivity index (χ2v) is 6.74. The van der Waals surface area contributed by atoms with Crippen LogP contribution in [0.15, 0.2) is 12.1 Å². The molecular weight excluding hydrogens is 242 g/mol. The molecule has 1 N–H and O–H groups in total. The van der Waals surface area contributed by atoms with E-state index in [1.807, 2.05) is 0 Å². The van der Waals surface area contributed by atoms with Gasteiger partial charge in [0, 0.05) is 11.1 Å². The Hall–Kier alpha value is -0.530. The summed E-state index contributed by atoms with van der Waals surface area (Å²) in [6, 6.07) is 4.65. The Morgan fingerprint density at radius 1 is 1.17 bits per heavy atom. The number of hydrogen-bond donors (Lipinski definition) is 1. The van der Waals surface area contributed by atoms with E-state index in [-0.39, 0.29) is 5.41 Å². The quantitative estimate of drug-likeness (QED) is 0.806. The highest BCUT2D eigenvalue weighted by molar-refractivity contribution is 6.31. The van der Waals surface area contributed by atoms with Crippen LogP contribution < -0.4 is 5.32 Å². The van der Waals surface area contributed by atoms with Gasteiger partial charge in [-0.2, -0.15) is 0 Å². The molecule has 0 aliphatic carbocycles. The summed E-state index contributed by atoms with van der Waals surface area (Å²) in [6.45, 7) is 14.2. The molecule has 0 saturated carbocycles. The second kappa shape index (κ2) is 6.08. The zero-order valence-corrected chi connectivity index (χ0v) is 13.3. The van der Waals surface area contributed by atoms with E-state index < -0.39 is 0 Å². The van der Waals surface area contributed by atoms with Crippen molar-refractivity contribution in [3.8, 4) is 0 Å². The minimum atomic E-state index is 0.287. The van der Waals surface area contributed by atoms with Gasteiger partial charge in [0.1, 0.15) is 0 Å². The lowest BCUT2D eigenvalue weighted by molar-refractivity contribution is 0.314. The lowest BCUT2D eigenvalue weighted by atomic mass is 9.85. The monoisotopic (exact) mass is 267 g/mol. The molecule has 0 heterocycles. The molecule has 0 aliphatic heterocycles. The molecule has 0 fully saturated rings. The first kappa shape index (κ1) is 15.5. The molecule has 18 heavy (non-hydrogen) atoms. The molecule has 1 rings (SSSR count). The Morgan fingerprint density at radius 2 is 1.72 bits per heavy atom. The van der Waals surface area contributed by atoms with Gasteiger partial charge in [0.2, 0.25) is 0 Å². The standard InChI is InChI=1S/C16H26ClN/c1-7-18-15(10-16(4,5)6)13-8-11(2)12(3)9-14(13)17/h8-9,15,18H,7,10H2,1-6H3. The molecule has 0 bridgehead atoms. The van der Waals surface area contributed by atoms with Crippen molar-refractivity contribution in [3.63, 3.8) is 0 Å². The zero-order chi connectivity index (χ0) is 13.9. The number of halogens is 1. The van der Waals surface area contributed by atoms with Crippen LogP contribution in [0.5, 0.6) is 0 Å². The van der Waals surface area contributed by atoms with Crippen LogP contribution in [-0.4, -0.2) is 6.54 Å². The van der Waals surface area contributed by atoms with Gasteiger partial charge in [0.25, 0.3) is 0 Å². The Morgan fingerprint density at radius 3 is 2.22 bits per heavy atom. The van der Waals surface area contributed by atoms with Crippen molar-refractivity contribution >= 4 is 11.6 Å². The molecule has 0 amide bonds. The van der Waals surface area contributed by atoms with Crippen LogP contribution in [-0.2, 0) is 0 Å². The SMILES string of the molecule is CCNC(CC(C)(C)C)c1cc(C)c(C)cc1Cl. The van der Waals surface area contributed by atoms with E-state index in [9.17, 15) is 0 Å². The Labute approximate surface area is 117 Å². The molecule has 0 spiro atoms. The molecule has 0 radical (unpaired) electrons. The minimum Gasteiger partial charge on any atom is -0.310 e. The van der Waals surface area contributed by atoms with Crippen LogP contribution in [0.3, 0.4) is 0 Å². The lowest BCUT2D eigenvalue weighted by Crippen LogP contribution is -2.26. The van der Waals surface area contributed by atoms with E-state index in [0.717, 1.165) is 18.0 Å². The van der Waals surface area contributed by atoms with Crippen LogP contribution in [0.1, 0.15) is 56.8 Å². The van der Waals surface area contributed by atoms with Gasteiger partial charge in [-0.3, -0.25) is 0 Å². The predicted octanol–water partition coefficient (Wildman–Crippen LogP) is 5.04. The average Bonchev–Trinajstić information content (AvgIpc) is 2.21. The molecule has 0 saturated heterocycles. The largest absolute Gasteiger partial charge is 0.310 e. The van der Waals surface area contributed by atoms with Crippen molar-refractivity contribution < 1.29 is 0 Å². The molecule has 1 atom stereocenters. The number of benzene rings is 1. The van der Waals surface area contributed by atoms with Crippen LogP contribution in [0.25, 0.3) is 0 Å². The van der Waals surface area contributed by atoms with Crippen molar-refractivity contribution in [1.82, 2.24) is 5.32 Å². The third-order valence-corrected chi connectivity index (χ3v) is 3.58. The van der Waals surface area contributed by atoms with E-state index in [0.29, 0.717) is 6.04 Å². The number of aryl methyl sites for hydroxylation is 2. The topological polar surface area (TPSA) is 12.0 Å². The summed E-state index contributed by atoms with van der Waals surface area (Å²) in [5.41, 5.74) is 4.09. The normalized spacial score (nSPS) is 13.7. The molecule has 0 aliphatic rings. The van der Waals surface area contributed by atoms with E-state index >= 15 is 0 Å². The maximum absolute atomic E-state index is 6.42. The highest BCUT2D eigenvalue weighted by Crippen LogP contribution is 2.34. The summed E-state index contributed by atoms with van der Waals surface area (Å²) in [6.07, 6.45) is 1.09. The van der Waals surface area contributed by atoms with Gasteiger partial charge in [-0.1, -0.05) is 45.4 Å². The molecule has 102 valence electrons. The van der Waals surface area contributed by atoms with E-state index in [4.69, 9.17) is 11.6 Å². The first-order valence-corrected chi connectivity index (χ1v) is 7.12. The van der Waals surface area contributed by atoms with Gasteiger partial charge >= 0.3 is 0 Å². The van der Waals surface area contributed by atoms with Crippen LogP contribution in [0.2, 0.25) is 5.02 Å². The minimum absolute atomic E-state index is 0.287. The maximum Gasteiger partial charge on any atom is 0.0456 e. The van der Waals surface area contributed by atoms with Crippen molar-refractivity contribution in [2.24, 2.45) is 5.41 Å². The molecule has 1 aromatic rings. The summed E-state index contributed by atoms with van der Waals surface area (Å²) in [7, 11) is 0. The van der Waals surface area contributed by atoms with Crippen molar-refractivity contribution in [2.75, 3.05) is 6.54 Å². The van der Waals surface area contributed by atoms with Crippen LogP contribution >= 0.6 is 11.6 Å². The van der Waals surface area contributed by atoms with Gasteiger partial charge in [0.05, 0.1) is 0 Å². The van der Waals surface area contributed by atoms with Crippen LogP contribution in [0.4, 0.5) is 0 Å². The Kier molecular flexibility index (Phi) is 5.24.